The maximum Gasteiger partial charge on any atom is 0.330 e. The number of hydrogen-bond acceptors (Lipinski definition) is 7. The summed E-state index contributed by atoms with van der Waals surface area (Å²) < 4.78 is 28.2. The minimum absolute atomic E-state index is 0.0427. The first-order valence-electron chi connectivity index (χ1n) is 9.34. The fraction of sp³-hybridized carbons (Fsp3) is 0.842. The molecule has 3 rings (SSSR count). The number of rotatable bonds is 4. The van der Waals surface area contributed by atoms with Crippen LogP contribution in [0.5, 0.6) is 0 Å². The quantitative estimate of drug-likeness (QED) is 0.457. The van der Waals surface area contributed by atoms with Crippen LogP contribution >= 0.6 is 0 Å². The van der Waals surface area contributed by atoms with Crippen LogP contribution in [-0.4, -0.2) is 67.2 Å². The first kappa shape index (κ1) is 19.8. The van der Waals surface area contributed by atoms with Gasteiger partial charge in [-0.1, -0.05) is 6.92 Å². The summed E-state index contributed by atoms with van der Waals surface area (Å²) in [6.45, 7) is 6.40. The van der Waals surface area contributed by atoms with Gasteiger partial charge in [-0.15, -0.1) is 0 Å². The lowest BCUT2D eigenvalue weighted by Gasteiger charge is -2.45. The van der Waals surface area contributed by atoms with Gasteiger partial charge in [-0.25, -0.2) is 4.79 Å². The molecule has 3 aliphatic heterocycles. The van der Waals surface area contributed by atoms with Gasteiger partial charge in [-0.2, -0.15) is 0 Å². The highest BCUT2D eigenvalue weighted by Crippen LogP contribution is 2.36. The fourth-order valence-electron chi connectivity index (χ4n) is 3.76. The molecule has 0 amide bonds. The van der Waals surface area contributed by atoms with E-state index in [1.165, 1.54) is 13.2 Å². The van der Waals surface area contributed by atoms with Crippen LogP contribution < -0.4 is 0 Å². The molecule has 0 saturated carbocycles. The molecule has 1 N–H and O–H groups in total. The van der Waals surface area contributed by atoms with E-state index in [2.05, 4.69) is 11.7 Å². The molecular formula is C19H30O7. The zero-order chi connectivity index (χ0) is 18.9. The van der Waals surface area contributed by atoms with Crippen molar-refractivity contribution in [1.29, 1.82) is 0 Å². The molecule has 0 radical (unpaired) electrons. The number of carbonyl (C=O) groups is 1. The molecule has 7 nitrogen and oxygen atoms in total. The van der Waals surface area contributed by atoms with Crippen molar-refractivity contribution in [3.8, 4) is 0 Å². The summed E-state index contributed by atoms with van der Waals surface area (Å²) in [5.74, 6) is -0.689. The Morgan fingerprint density at radius 2 is 2.00 bits per heavy atom. The molecule has 3 fully saturated rings. The summed E-state index contributed by atoms with van der Waals surface area (Å²) in [7, 11) is 1.34. The molecule has 3 saturated heterocycles. The molecular weight excluding hydrogens is 340 g/mol. The van der Waals surface area contributed by atoms with Crippen molar-refractivity contribution in [2.45, 2.75) is 82.4 Å². The standard InChI is InChI=1S/C19H30O7/c1-11-7-12(20)14(9-15-13(24-15)5-6-18(21)22-4)25-17-10-23-19(2,3)26-16(17)8-11/h5-6,11-17,20H,7-10H2,1-4H3/b6-5+/t11-,12+,13-,14-,15-,16-,17+/m1/s1. The van der Waals surface area contributed by atoms with Crippen LogP contribution in [0.15, 0.2) is 12.2 Å². The number of aliphatic hydroxyl groups excluding tert-OH is 1. The zero-order valence-electron chi connectivity index (χ0n) is 15.9. The van der Waals surface area contributed by atoms with Crippen molar-refractivity contribution in [2.24, 2.45) is 5.92 Å². The summed E-state index contributed by atoms with van der Waals surface area (Å²) in [6.07, 6.45) is 3.76. The lowest BCUT2D eigenvalue weighted by Crippen LogP contribution is -2.53. The molecule has 0 unspecified atom stereocenters. The average molecular weight is 370 g/mol. The third-order valence-electron chi connectivity index (χ3n) is 5.21. The van der Waals surface area contributed by atoms with E-state index in [1.807, 2.05) is 13.8 Å². The first-order valence-corrected chi connectivity index (χ1v) is 9.34. The minimum atomic E-state index is -0.610. The zero-order valence-corrected chi connectivity index (χ0v) is 15.9. The van der Waals surface area contributed by atoms with Gasteiger partial charge in [0, 0.05) is 12.5 Å². The van der Waals surface area contributed by atoms with E-state index >= 15 is 0 Å². The van der Waals surface area contributed by atoms with Crippen molar-refractivity contribution < 1.29 is 33.6 Å². The Morgan fingerprint density at radius 1 is 1.23 bits per heavy atom. The van der Waals surface area contributed by atoms with Crippen LogP contribution in [-0.2, 0) is 28.5 Å². The highest BCUT2D eigenvalue weighted by atomic mass is 16.7. The van der Waals surface area contributed by atoms with Crippen molar-refractivity contribution >= 4 is 5.97 Å². The molecule has 7 heteroatoms. The molecule has 0 aromatic carbocycles. The van der Waals surface area contributed by atoms with Crippen LogP contribution in [0.2, 0.25) is 0 Å². The number of ether oxygens (including phenoxy) is 5. The summed E-state index contributed by atoms with van der Waals surface area (Å²) >= 11 is 0. The lowest BCUT2D eigenvalue weighted by atomic mass is 9.89. The first-order chi connectivity index (χ1) is 12.3. The highest BCUT2D eigenvalue weighted by molar-refractivity contribution is 5.81. The second kappa shape index (κ2) is 7.94. The van der Waals surface area contributed by atoms with Gasteiger partial charge in [-0.05, 0) is 38.7 Å². The Balaban J connectivity index is 1.60. The lowest BCUT2D eigenvalue weighted by molar-refractivity contribution is -0.324. The van der Waals surface area contributed by atoms with Crippen LogP contribution in [0.25, 0.3) is 0 Å². The molecule has 0 aliphatic carbocycles. The molecule has 0 bridgehead atoms. The Kier molecular flexibility index (Phi) is 6.04. The van der Waals surface area contributed by atoms with Gasteiger partial charge in [0.25, 0.3) is 0 Å². The average Bonchev–Trinajstić information content (AvgIpc) is 3.30. The highest BCUT2D eigenvalue weighted by Gasteiger charge is 2.45. The van der Waals surface area contributed by atoms with E-state index in [0.29, 0.717) is 25.4 Å². The second-order valence-electron chi connectivity index (χ2n) is 7.98. The van der Waals surface area contributed by atoms with E-state index < -0.39 is 17.9 Å². The van der Waals surface area contributed by atoms with E-state index in [9.17, 15) is 9.90 Å². The van der Waals surface area contributed by atoms with Crippen LogP contribution in [0.4, 0.5) is 0 Å². The van der Waals surface area contributed by atoms with Gasteiger partial charge in [0.2, 0.25) is 0 Å². The van der Waals surface area contributed by atoms with Gasteiger partial charge in [-0.3, -0.25) is 0 Å². The van der Waals surface area contributed by atoms with Gasteiger partial charge < -0.3 is 28.8 Å². The number of aliphatic hydroxyl groups is 1. The number of methoxy groups -OCH3 is 1. The van der Waals surface area contributed by atoms with E-state index in [1.54, 1.807) is 6.08 Å². The van der Waals surface area contributed by atoms with Crippen LogP contribution in [0.1, 0.15) is 40.0 Å². The maximum atomic E-state index is 11.2. The molecule has 148 valence electrons. The number of epoxide rings is 1. The van der Waals surface area contributed by atoms with Crippen molar-refractivity contribution in [3.05, 3.63) is 12.2 Å². The number of hydrogen-bond donors (Lipinski definition) is 1. The molecule has 7 atom stereocenters. The van der Waals surface area contributed by atoms with E-state index in [4.69, 9.17) is 18.9 Å². The summed E-state index contributed by atoms with van der Waals surface area (Å²) in [4.78, 5) is 11.2. The van der Waals surface area contributed by atoms with Gasteiger partial charge >= 0.3 is 5.97 Å². The Morgan fingerprint density at radius 3 is 2.73 bits per heavy atom. The summed E-state index contributed by atoms with van der Waals surface area (Å²) in [5.41, 5.74) is 0. The third-order valence-corrected chi connectivity index (χ3v) is 5.21. The normalized spacial score (nSPS) is 42.6. The molecule has 26 heavy (non-hydrogen) atoms. The van der Waals surface area contributed by atoms with Crippen LogP contribution in [0, 0.1) is 5.92 Å². The Labute approximate surface area is 154 Å². The monoisotopic (exact) mass is 370 g/mol. The predicted octanol–water partition coefficient (Wildman–Crippen LogP) is 1.57. The van der Waals surface area contributed by atoms with Crippen LogP contribution in [0.3, 0.4) is 0 Å². The van der Waals surface area contributed by atoms with E-state index in [-0.39, 0.29) is 30.5 Å². The minimum Gasteiger partial charge on any atom is -0.466 e. The Bertz CT molecular complexity index is 532. The van der Waals surface area contributed by atoms with Gasteiger partial charge in [0.05, 0.1) is 38.1 Å². The summed E-state index contributed by atoms with van der Waals surface area (Å²) in [6, 6.07) is 0. The molecule has 0 aromatic rings. The van der Waals surface area contributed by atoms with Crippen molar-refractivity contribution in [1.82, 2.24) is 0 Å². The summed E-state index contributed by atoms with van der Waals surface area (Å²) in [5, 5.41) is 10.6. The number of carbonyl (C=O) groups excluding carboxylic acids is 1. The predicted molar refractivity (Wildman–Crippen MR) is 92.4 cm³/mol. The number of esters is 1. The molecule has 0 spiro atoms. The maximum absolute atomic E-state index is 11.2. The SMILES string of the molecule is COC(=O)/C=C/[C@H]1O[C@@H]1C[C@H]1O[C@H]2COC(C)(C)O[C@@H]2C[C@H](C)C[C@@H]1O. The number of fused-ring (bicyclic) bond motifs is 1. The van der Waals surface area contributed by atoms with Crippen molar-refractivity contribution in [3.63, 3.8) is 0 Å². The smallest absolute Gasteiger partial charge is 0.330 e. The van der Waals surface area contributed by atoms with Gasteiger partial charge in [0.15, 0.2) is 5.79 Å². The molecule has 0 aromatic heterocycles. The topological polar surface area (TPSA) is 86.8 Å². The third kappa shape index (κ3) is 5.04. The molecule has 3 aliphatic rings. The Hall–Kier alpha value is -0.990. The molecule has 3 heterocycles. The van der Waals surface area contributed by atoms with Crippen molar-refractivity contribution in [2.75, 3.05) is 13.7 Å². The fourth-order valence-corrected chi connectivity index (χ4v) is 3.76. The van der Waals surface area contributed by atoms with E-state index in [0.717, 1.165) is 6.42 Å². The largest absolute Gasteiger partial charge is 0.466 e. The van der Waals surface area contributed by atoms with Gasteiger partial charge in [0.1, 0.15) is 12.2 Å². The second-order valence-corrected chi connectivity index (χ2v) is 7.98.